The quantitative estimate of drug-likeness (QED) is 0.271. The van der Waals surface area contributed by atoms with Crippen LogP contribution < -0.4 is 5.32 Å². The summed E-state index contributed by atoms with van der Waals surface area (Å²) in [6, 6.07) is 0. The Morgan fingerprint density at radius 2 is 1.94 bits per heavy atom. The molecule has 0 bridgehead atoms. The molecule has 0 saturated carbocycles. The molecule has 0 aromatic carbocycles. The van der Waals surface area contributed by atoms with E-state index in [1.807, 2.05) is 5.32 Å². The predicted molar refractivity (Wildman–Crippen MR) is 48.7 cm³/mol. The summed E-state index contributed by atoms with van der Waals surface area (Å²) in [5.74, 6) is -3.24. The van der Waals surface area contributed by atoms with Crippen LogP contribution in [0.25, 0.3) is 0 Å². The number of rotatable bonds is 2. The molecule has 0 aromatic rings. The number of aliphatic hydroxyl groups is 5. The van der Waals surface area contributed by atoms with Gasteiger partial charge in [0.15, 0.2) is 6.10 Å². The maximum atomic E-state index is 10.8. The summed E-state index contributed by atoms with van der Waals surface area (Å²) in [5.41, 5.74) is 0. The molecule has 8 heteroatoms. The van der Waals surface area contributed by atoms with Gasteiger partial charge in [0.05, 0.1) is 6.61 Å². The van der Waals surface area contributed by atoms with Gasteiger partial charge in [0, 0.05) is 6.92 Å². The van der Waals surface area contributed by atoms with Crippen LogP contribution in [0.1, 0.15) is 6.92 Å². The molecule has 5 atom stereocenters. The molecular formula is C8H15NO7. The fourth-order valence-electron chi connectivity index (χ4n) is 1.51. The minimum absolute atomic E-state index is 0.688. The number of hydrogen-bond donors (Lipinski definition) is 6. The molecule has 16 heavy (non-hydrogen) atoms. The Morgan fingerprint density at radius 3 is 2.38 bits per heavy atom. The van der Waals surface area contributed by atoms with Crippen LogP contribution in [0.4, 0.5) is 0 Å². The van der Waals surface area contributed by atoms with E-state index in [9.17, 15) is 25.2 Å². The van der Waals surface area contributed by atoms with Gasteiger partial charge in [-0.1, -0.05) is 0 Å². The summed E-state index contributed by atoms with van der Waals surface area (Å²) in [6.45, 7) is 0.381. The number of aliphatic hydroxyl groups excluding tert-OH is 4. The summed E-state index contributed by atoms with van der Waals surface area (Å²) < 4.78 is 4.74. The van der Waals surface area contributed by atoms with E-state index < -0.39 is 42.8 Å². The van der Waals surface area contributed by atoms with Crippen LogP contribution in [0.5, 0.6) is 0 Å². The molecule has 0 aliphatic carbocycles. The summed E-state index contributed by atoms with van der Waals surface area (Å²) >= 11 is 0. The lowest BCUT2D eigenvalue weighted by atomic mass is 9.96. The molecule has 0 aromatic heterocycles. The van der Waals surface area contributed by atoms with Crippen molar-refractivity contribution in [2.24, 2.45) is 0 Å². The van der Waals surface area contributed by atoms with Crippen LogP contribution in [-0.4, -0.2) is 68.4 Å². The van der Waals surface area contributed by atoms with Crippen LogP contribution in [0.2, 0.25) is 0 Å². The lowest BCUT2D eigenvalue weighted by Crippen LogP contribution is -2.71. The molecule has 1 amide bonds. The van der Waals surface area contributed by atoms with E-state index in [0.717, 1.165) is 6.92 Å². The van der Waals surface area contributed by atoms with Crippen molar-refractivity contribution in [3.8, 4) is 0 Å². The van der Waals surface area contributed by atoms with E-state index >= 15 is 0 Å². The fourth-order valence-corrected chi connectivity index (χ4v) is 1.51. The largest absolute Gasteiger partial charge is 0.394 e. The van der Waals surface area contributed by atoms with Gasteiger partial charge in [0.25, 0.3) is 5.91 Å². The van der Waals surface area contributed by atoms with Gasteiger partial charge < -0.3 is 35.6 Å². The van der Waals surface area contributed by atoms with Crippen LogP contribution in [0, 0.1) is 0 Å². The van der Waals surface area contributed by atoms with Crippen molar-refractivity contribution >= 4 is 5.91 Å². The summed E-state index contributed by atoms with van der Waals surface area (Å²) in [4.78, 5) is 10.8. The number of hydrogen-bond acceptors (Lipinski definition) is 7. The van der Waals surface area contributed by atoms with Gasteiger partial charge in [-0.05, 0) is 0 Å². The molecule has 1 heterocycles. The van der Waals surface area contributed by atoms with Crippen molar-refractivity contribution in [2.75, 3.05) is 6.61 Å². The summed E-state index contributed by atoms with van der Waals surface area (Å²) in [6.07, 6.45) is -6.54. The van der Waals surface area contributed by atoms with E-state index in [-0.39, 0.29) is 0 Å². The highest BCUT2D eigenvalue weighted by molar-refractivity contribution is 5.73. The first-order chi connectivity index (χ1) is 7.31. The lowest BCUT2D eigenvalue weighted by molar-refractivity contribution is -0.358. The Kier molecular flexibility index (Phi) is 3.84. The Labute approximate surface area is 91.1 Å². The molecule has 8 nitrogen and oxygen atoms in total. The highest BCUT2D eigenvalue weighted by atomic mass is 16.7. The Morgan fingerprint density at radius 1 is 1.38 bits per heavy atom. The summed E-state index contributed by atoms with van der Waals surface area (Å²) in [5, 5.41) is 48.6. The van der Waals surface area contributed by atoms with Gasteiger partial charge in [-0.3, -0.25) is 4.79 Å². The zero-order chi connectivity index (χ0) is 12.5. The molecule has 1 aliphatic rings. The Bertz CT molecular complexity index is 271. The zero-order valence-corrected chi connectivity index (χ0v) is 8.57. The van der Waals surface area contributed by atoms with Gasteiger partial charge in [0.2, 0.25) is 5.91 Å². The molecule has 1 saturated heterocycles. The van der Waals surface area contributed by atoms with Crippen molar-refractivity contribution in [3.63, 3.8) is 0 Å². The normalized spacial score (nSPS) is 44.1. The minimum atomic E-state index is -2.53. The first kappa shape index (κ1) is 13.3. The Hall–Kier alpha value is -0.770. The maximum absolute atomic E-state index is 10.8. The monoisotopic (exact) mass is 237 g/mol. The average molecular weight is 237 g/mol. The SMILES string of the molecule is CC(=O)NC1(O)O[C@H](CO)[C@@H](O)[C@H](O)[C@H]1O. The van der Waals surface area contributed by atoms with Gasteiger partial charge >= 0.3 is 0 Å². The number of nitrogens with one attached hydrogen (secondary N) is 1. The molecule has 1 aliphatic heterocycles. The van der Waals surface area contributed by atoms with Gasteiger partial charge in [-0.25, -0.2) is 0 Å². The van der Waals surface area contributed by atoms with E-state index in [0.29, 0.717) is 0 Å². The smallest absolute Gasteiger partial charge is 0.279 e. The van der Waals surface area contributed by atoms with Crippen molar-refractivity contribution in [1.82, 2.24) is 5.32 Å². The molecule has 0 spiro atoms. The number of carbonyl (C=O) groups excluding carboxylic acids is 1. The number of ether oxygens (including phenoxy) is 1. The minimum Gasteiger partial charge on any atom is -0.394 e. The molecule has 6 N–H and O–H groups in total. The molecule has 1 unspecified atom stereocenters. The van der Waals surface area contributed by atoms with Crippen molar-refractivity contribution < 1.29 is 35.1 Å². The second-order valence-electron chi connectivity index (χ2n) is 3.64. The lowest BCUT2D eigenvalue weighted by Gasteiger charge is -2.44. The van der Waals surface area contributed by atoms with Crippen molar-refractivity contribution in [1.29, 1.82) is 0 Å². The number of carbonyl (C=O) groups is 1. The van der Waals surface area contributed by atoms with Gasteiger partial charge in [0.1, 0.15) is 18.3 Å². The van der Waals surface area contributed by atoms with Crippen LogP contribution in [0.3, 0.4) is 0 Å². The van der Waals surface area contributed by atoms with Gasteiger partial charge in [-0.2, -0.15) is 0 Å². The van der Waals surface area contributed by atoms with E-state index in [1.54, 1.807) is 0 Å². The number of amides is 1. The van der Waals surface area contributed by atoms with Crippen molar-refractivity contribution in [3.05, 3.63) is 0 Å². The first-order valence-electron chi connectivity index (χ1n) is 4.66. The van der Waals surface area contributed by atoms with E-state index in [4.69, 9.17) is 9.84 Å². The predicted octanol–water partition coefficient (Wildman–Crippen LogP) is -3.76. The maximum Gasteiger partial charge on any atom is 0.279 e. The fraction of sp³-hybridized carbons (Fsp3) is 0.875. The van der Waals surface area contributed by atoms with Gasteiger partial charge in [-0.15, -0.1) is 0 Å². The average Bonchev–Trinajstić information content (AvgIpc) is 2.20. The first-order valence-corrected chi connectivity index (χ1v) is 4.66. The van der Waals surface area contributed by atoms with Crippen LogP contribution in [0.15, 0.2) is 0 Å². The summed E-state index contributed by atoms with van der Waals surface area (Å²) in [7, 11) is 0. The second kappa shape index (κ2) is 4.62. The molecule has 94 valence electrons. The van der Waals surface area contributed by atoms with E-state index in [1.165, 1.54) is 0 Å². The standard InChI is InChI=1S/C8H15NO7/c1-3(11)9-8(15)7(14)6(13)5(12)4(2-10)16-8/h4-7,10,12-15H,2H2,1H3,(H,9,11)/t4-,5-,6+,7-,8?/m1/s1. The molecule has 1 rings (SSSR count). The third-order valence-electron chi connectivity index (χ3n) is 2.32. The van der Waals surface area contributed by atoms with E-state index in [2.05, 4.69) is 0 Å². The van der Waals surface area contributed by atoms with Crippen LogP contribution in [-0.2, 0) is 9.53 Å². The topological polar surface area (TPSA) is 139 Å². The third kappa shape index (κ3) is 2.32. The highest BCUT2D eigenvalue weighted by Crippen LogP contribution is 2.26. The molecule has 1 fully saturated rings. The van der Waals surface area contributed by atoms with Crippen molar-refractivity contribution in [2.45, 2.75) is 37.3 Å². The zero-order valence-electron chi connectivity index (χ0n) is 8.57. The van der Waals surface area contributed by atoms with Crippen LogP contribution >= 0.6 is 0 Å². The molecular weight excluding hydrogens is 222 g/mol. The highest BCUT2D eigenvalue weighted by Gasteiger charge is 2.53. The Balaban J connectivity index is 2.89. The third-order valence-corrected chi connectivity index (χ3v) is 2.32. The second-order valence-corrected chi connectivity index (χ2v) is 3.64. The molecule has 0 radical (unpaired) electrons.